The number of nitrogens with two attached hydrogens (primary N) is 1. The van der Waals surface area contributed by atoms with Crippen molar-refractivity contribution in [1.82, 2.24) is 5.32 Å². The molecule has 2 aliphatic carbocycles. The van der Waals surface area contributed by atoms with E-state index in [0.29, 0.717) is 33.6 Å². The van der Waals surface area contributed by atoms with Gasteiger partial charge in [-0.05, 0) is 141 Å². The number of hydrogen-bond donors (Lipinski definition) is 3. The summed E-state index contributed by atoms with van der Waals surface area (Å²) in [5.41, 5.74) is 9.58. The Balaban J connectivity index is 0.000000217. The van der Waals surface area contributed by atoms with Crippen LogP contribution in [-0.2, 0) is 0 Å². The standard InChI is InChI=1S/C26H30FNO.C15H9FO2.C11H23N/c1-20(2)18-26(16-6-3-7-17-26)19-28-25(29)23-14-11-21(12-15-23)10-13-22-8-4-5-9-24(22)27;16-14-4-2-1-3-12(14)8-5-11-6-9-13(10-7-11)15(17)18;1-10(2)8-11(9-12)6-4-3-5-7-11/h4-5,8-9,11-12,14-15,20H,3,6-7,16-19H2,1-2H3,(H,28,29);1-4,6-7,9-10H,(H,17,18);10H,3-9,12H2,1-2H3. The smallest absolute Gasteiger partial charge is 0.335 e. The summed E-state index contributed by atoms with van der Waals surface area (Å²) in [6.45, 7) is 10.8. The number of hydrogen-bond acceptors (Lipinski definition) is 3. The maximum Gasteiger partial charge on any atom is 0.335 e. The molecule has 6 rings (SSSR count). The first kappa shape index (κ1) is 46.4. The average Bonchev–Trinajstić information content (AvgIpc) is 3.23. The molecule has 0 unspecified atom stereocenters. The molecule has 4 aromatic rings. The minimum atomic E-state index is -0.983. The zero-order valence-electron chi connectivity index (χ0n) is 35.4. The van der Waals surface area contributed by atoms with Gasteiger partial charge < -0.3 is 16.2 Å². The molecule has 2 fully saturated rings. The summed E-state index contributed by atoms with van der Waals surface area (Å²) in [7, 11) is 0. The van der Waals surface area contributed by atoms with Crippen LogP contribution in [0.5, 0.6) is 0 Å². The molecule has 0 aromatic heterocycles. The largest absolute Gasteiger partial charge is 0.478 e. The molecule has 59 heavy (non-hydrogen) atoms. The van der Waals surface area contributed by atoms with Gasteiger partial charge in [-0.3, -0.25) is 4.79 Å². The van der Waals surface area contributed by atoms with Gasteiger partial charge in [0.2, 0.25) is 0 Å². The molecular formula is C52H62F2N2O3. The van der Waals surface area contributed by atoms with Gasteiger partial charge in [-0.2, -0.15) is 0 Å². The number of carbonyl (C=O) groups is 2. The predicted octanol–water partition coefficient (Wildman–Crippen LogP) is 11.8. The quantitative estimate of drug-likeness (QED) is 0.147. The Morgan fingerprint density at radius 1 is 0.610 bits per heavy atom. The number of benzene rings is 4. The minimum absolute atomic E-state index is 0.0349. The van der Waals surface area contributed by atoms with Crippen molar-refractivity contribution in [2.45, 2.75) is 105 Å². The number of rotatable bonds is 9. The fraction of sp³-hybridized carbons (Fsp3) is 0.423. The molecular weight excluding hydrogens is 739 g/mol. The van der Waals surface area contributed by atoms with E-state index in [1.807, 2.05) is 12.1 Å². The summed E-state index contributed by atoms with van der Waals surface area (Å²) < 4.78 is 26.9. The van der Waals surface area contributed by atoms with E-state index in [0.717, 1.165) is 31.0 Å². The van der Waals surface area contributed by atoms with Crippen molar-refractivity contribution in [3.63, 3.8) is 0 Å². The normalized spacial score (nSPS) is 15.1. The lowest BCUT2D eigenvalue weighted by Gasteiger charge is -2.39. The van der Waals surface area contributed by atoms with E-state index in [1.165, 1.54) is 94.9 Å². The minimum Gasteiger partial charge on any atom is -0.478 e. The van der Waals surface area contributed by atoms with Gasteiger partial charge in [0.1, 0.15) is 11.6 Å². The molecule has 0 radical (unpaired) electrons. The molecule has 5 nitrogen and oxygen atoms in total. The number of carbonyl (C=O) groups excluding carboxylic acids is 1. The average molecular weight is 801 g/mol. The molecule has 7 heteroatoms. The van der Waals surface area contributed by atoms with Crippen molar-refractivity contribution < 1.29 is 23.5 Å². The Labute approximate surface area is 351 Å². The fourth-order valence-corrected chi connectivity index (χ4v) is 8.46. The Bertz CT molecular complexity index is 2060. The van der Waals surface area contributed by atoms with Gasteiger partial charge in [-0.15, -0.1) is 0 Å². The highest BCUT2D eigenvalue weighted by atomic mass is 19.1. The van der Waals surface area contributed by atoms with Gasteiger partial charge in [0.05, 0.1) is 16.7 Å². The molecule has 0 aliphatic heterocycles. The Morgan fingerprint density at radius 2 is 1.02 bits per heavy atom. The molecule has 0 spiro atoms. The Kier molecular flexibility index (Phi) is 18.4. The second-order valence-corrected chi connectivity index (χ2v) is 17.1. The summed E-state index contributed by atoms with van der Waals surface area (Å²) in [6.07, 6.45) is 15.7. The summed E-state index contributed by atoms with van der Waals surface area (Å²) in [5.74, 6) is 11.0. The molecule has 2 aliphatic rings. The Hall–Kier alpha value is -5.24. The lowest BCUT2D eigenvalue weighted by molar-refractivity contribution is 0.0696. The van der Waals surface area contributed by atoms with E-state index in [9.17, 15) is 18.4 Å². The second kappa shape index (κ2) is 23.4. The lowest BCUT2D eigenvalue weighted by Crippen LogP contribution is -2.39. The molecule has 4 N–H and O–H groups in total. The molecule has 0 bridgehead atoms. The van der Waals surface area contributed by atoms with E-state index < -0.39 is 5.97 Å². The summed E-state index contributed by atoms with van der Waals surface area (Å²) in [6, 6.07) is 26.0. The summed E-state index contributed by atoms with van der Waals surface area (Å²) in [4.78, 5) is 23.3. The first-order valence-corrected chi connectivity index (χ1v) is 21.3. The second-order valence-electron chi connectivity index (χ2n) is 17.1. The molecule has 0 atom stereocenters. The number of carboxylic acid groups (broad SMARTS) is 1. The van der Waals surface area contributed by atoms with Crippen LogP contribution in [-0.4, -0.2) is 30.1 Å². The van der Waals surface area contributed by atoms with Gasteiger partial charge in [-0.1, -0.05) is 114 Å². The molecule has 4 aromatic carbocycles. The van der Waals surface area contributed by atoms with Gasteiger partial charge in [0.25, 0.3) is 5.91 Å². The number of carboxylic acids is 1. The molecule has 0 saturated heterocycles. The van der Waals surface area contributed by atoms with Crippen LogP contribution in [0, 0.1) is 58.0 Å². The van der Waals surface area contributed by atoms with E-state index in [1.54, 1.807) is 60.7 Å². The third kappa shape index (κ3) is 15.5. The zero-order valence-corrected chi connectivity index (χ0v) is 35.4. The predicted molar refractivity (Wildman–Crippen MR) is 236 cm³/mol. The SMILES string of the molecule is CC(C)CC1(CN)CCCCC1.CC(C)CC1(CNC(=O)c2ccc(C#Cc3ccccc3F)cc2)CCCCC1.O=C(O)c1ccc(C#Cc2ccccc2F)cc1. The van der Waals surface area contributed by atoms with Gasteiger partial charge in [0, 0.05) is 23.2 Å². The summed E-state index contributed by atoms with van der Waals surface area (Å²) in [5, 5.41) is 11.9. The topological polar surface area (TPSA) is 92.4 Å². The van der Waals surface area contributed by atoms with Gasteiger partial charge in [0.15, 0.2) is 0 Å². The maximum atomic E-state index is 13.7. The van der Waals surface area contributed by atoms with Crippen LogP contribution in [0.1, 0.15) is 148 Å². The molecule has 312 valence electrons. The van der Waals surface area contributed by atoms with Crippen LogP contribution in [0.4, 0.5) is 8.78 Å². The molecule has 2 saturated carbocycles. The number of amides is 1. The van der Waals surface area contributed by atoms with E-state index in [4.69, 9.17) is 10.8 Å². The first-order chi connectivity index (χ1) is 28.3. The van der Waals surface area contributed by atoms with Crippen molar-refractivity contribution in [2.75, 3.05) is 13.1 Å². The van der Waals surface area contributed by atoms with Crippen molar-refractivity contribution in [2.24, 2.45) is 28.4 Å². The van der Waals surface area contributed by atoms with E-state index in [2.05, 4.69) is 56.7 Å². The highest BCUT2D eigenvalue weighted by Crippen LogP contribution is 2.41. The van der Waals surface area contributed by atoms with Crippen molar-refractivity contribution in [1.29, 1.82) is 0 Å². The van der Waals surface area contributed by atoms with Crippen molar-refractivity contribution in [3.05, 3.63) is 142 Å². The highest BCUT2D eigenvalue weighted by Gasteiger charge is 2.33. The van der Waals surface area contributed by atoms with E-state index >= 15 is 0 Å². The number of nitrogens with one attached hydrogen (secondary N) is 1. The van der Waals surface area contributed by atoms with Crippen molar-refractivity contribution >= 4 is 11.9 Å². The number of aromatic carboxylic acids is 1. The highest BCUT2D eigenvalue weighted by molar-refractivity contribution is 5.94. The Morgan fingerprint density at radius 3 is 1.42 bits per heavy atom. The summed E-state index contributed by atoms with van der Waals surface area (Å²) >= 11 is 0. The van der Waals surface area contributed by atoms with E-state index in [-0.39, 0.29) is 28.5 Å². The van der Waals surface area contributed by atoms with Crippen LogP contribution in [0.15, 0.2) is 97.1 Å². The van der Waals surface area contributed by atoms with Crippen LogP contribution in [0.2, 0.25) is 0 Å². The molecule has 0 heterocycles. The third-order valence-electron chi connectivity index (χ3n) is 11.3. The van der Waals surface area contributed by atoms with Crippen LogP contribution >= 0.6 is 0 Å². The molecule has 1 amide bonds. The third-order valence-corrected chi connectivity index (χ3v) is 11.3. The van der Waals surface area contributed by atoms with Crippen LogP contribution in [0.25, 0.3) is 0 Å². The number of halogens is 2. The van der Waals surface area contributed by atoms with Crippen LogP contribution in [0.3, 0.4) is 0 Å². The maximum absolute atomic E-state index is 13.7. The zero-order chi connectivity index (χ0) is 42.7. The van der Waals surface area contributed by atoms with Gasteiger partial charge in [-0.25, -0.2) is 13.6 Å². The van der Waals surface area contributed by atoms with Gasteiger partial charge >= 0.3 is 5.97 Å². The monoisotopic (exact) mass is 800 g/mol. The van der Waals surface area contributed by atoms with Crippen LogP contribution < -0.4 is 11.1 Å². The lowest BCUT2D eigenvalue weighted by atomic mass is 9.69. The van der Waals surface area contributed by atoms with Crippen molar-refractivity contribution in [3.8, 4) is 23.7 Å². The fourth-order valence-electron chi connectivity index (χ4n) is 8.46. The first-order valence-electron chi connectivity index (χ1n) is 21.3.